The lowest BCUT2D eigenvalue weighted by Crippen LogP contribution is -2.42. The van der Waals surface area contributed by atoms with E-state index in [1.54, 1.807) is 24.3 Å². The molecular weight excluding hydrogens is 461 g/mol. The van der Waals surface area contributed by atoms with Crippen LogP contribution < -0.4 is 4.74 Å². The first kappa shape index (κ1) is 23.3. The summed E-state index contributed by atoms with van der Waals surface area (Å²) < 4.78 is 47.6. The zero-order valence-corrected chi connectivity index (χ0v) is 19.4. The van der Waals surface area contributed by atoms with Gasteiger partial charge in [-0.05, 0) is 66.1 Å². The zero-order valence-electron chi connectivity index (χ0n) is 19.4. The van der Waals surface area contributed by atoms with E-state index < -0.39 is 18.5 Å². The van der Waals surface area contributed by atoms with Crippen LogP contribution >= 0.6 is 0 Å². The summed E-state index contributed by atoms with van der Waals surface area (Å²) in [5.41, 5.74) is 2.29. The minimum Gasteiger partial charge on any atom is -0.495 e. The van der Waals surface area contributed by atoms with Gasteiger partial charge < -0.3 is 14.7 Å². The lowest BCUT2D eigenvalue weighted by molar-refractivity contribution is -0.140. The number of rotatable bonds is 4. The van der Waals surface area contributed by atoms with Gasteiger partial charge in [-0.25, -0.2) is 0 Å². The summed E-state index contributed by atoms with van der Waals surface area (Å²) in [6, 6.07) is 4.83. The molecule has 35 heavy (non-hydrogen) atoms. The molecule has 5 rings (SSSR count). The number of benzene rings is 1. The van der Waals surface area contributed by atoms with Gasteiger partial charge in [0.25, 0.3) is 5.91 Å². The molecule has 184 valence electrons. The number of halogens is 3. The number of nitrogens with zero attached hydrogens (tertiary/aromatic N) is 4. The van der Waals surface area contributed by atoms with E-state index in [2.05, 4.69) is 10.1 Å². The number of aliphatic hydroxyl groups is 1. The summed E-state index contributed by atoms with van der Waals surface area (Å²) >= 11 is 0. The van der Waals surface area contributed by atoms with Crippen LogP contribution in [0.3, 0.4) is 0 Å². The Balaban J connectivity index is 1.60. The third-order valence-corrected chi connectivity index (χ3v) is 6.81. The Hall–Kier alpha value is -3.40. The smallest absolute Gasteiger partial charge is 0.435 e. The van der Waals surface area contributed by atoms with Crippen molar-refractivity contribution in [2.45, 2.75) is 44.5 Å². The van der Waals surface area contributed by atoms with Gasteiger partial charge in [-0.2, -0.15) is 18.3 Å². The third kappa shape index (κ3) is 4.05. The molecule has 10 heteroatoms. The van der Waals surface area contributed by atoms with Crippen LogP contribution in [0.2, 0.25) is 0 Å². The van der Waals surface area contributed by atoms with E-state index in [0.29, 0.717) is 35.4 Å². The molecule has 2 aromatic heterocycles. The van der Waals surface area contributed by atoms with Crippen LogP contribution in [0.4, 0.5) is 13.2 Å². The number of alkyl halides is 3. The Labute approximate surface area is 200 Å². The second-order valence-electron chi connectivity index (χ2n) is 8.96. The van der Waals surface area contributed by atoms with Crippen LogP contribution in [-0.4, -0.2) is 44.3 Å². The van der Waals surface area contributed by atoms with E-state index in [1.165, 1.54) is 19.3 Å². The molecule has 1 N–H and O–H groups in total. The monoisotopic (exact) mass is 486 g/mol. The highest BCUT2D eigenvalue weighted by Crippen LogP contribution is 2.42. The fraction of sp³-hybridized carbons (Fsp3) is 0.400. The minimum atomic E-state index is -4.65. The molecule has 1 aliphatic carbocycles. The molecule has 3 heterocycles. The second-order valence-corrected chi connectivity index (χ2v) is 8.96. The number of amides is 1. The van der Waals surface area contributed by atoms with E-state index in [1.807, 2.05) is 6.07 Å². The average molecular weight is 486 g/mol. The van der Waals surface area contributed by atoms with Crippen LogP contribution in [0.5, 0.6) is 5.75 Å². The molecular formula is C25H25F3N4O3. The van der Waals surface area contributed by atoms with Crippen molar-refractivity contribution >= 4 is 5.91 Å². The van der Waals surface area contributed by atoms with Gasteiger partial charge in [0.2, 0.25) is 0 Å². The lowest BCUT2D eigenvalue weighted by atomic mass is 9.85. The molecule has 1 aromatic carbocycles. The van der Waals surface area contributed by atoms with E-state index in [4.69, 9.17) is 4.74 Å². The number of hydrogen-bond donors (Lipinski definition) is 1. The first-order chi connectivity index (χ1) is 16.7. The Kier molecular flexibility index (Phi) is 5.79. The molecule has 3 aromatic rings. The van der Waals surface area contributed by atoms with Gasteiger partial charge >= 0.3 is 6.18 Å². The van der Waals surface area contributed by atoms with Crippen molar-refractivity contribution in [3.63, 3.8) is 0 Å². The number of aryl methyl sites for hydroxylation is 2. The molecule has 0 fully saturated rings. The van der Waals surface area contributed by atoms with Gasteiger partial charge in [-0.15, -0.1) is 0 Å². The number of carbonyl (C=O) groups is 1. The summed E-state index contributed by atoms with van der Waals surface area (Å²) in [5, 5.41) is 13.5. The highest BCUT2D eigenvalue weighted by atomic mass is 19.4. The number of pyridine rings is 1. The highest BCUT2D eigenvalue weighted by molar-refractivity contribution is 5.99. The maximum atomic E-state index is 13.8. The summed E-state index contributed by atoms with van der Waals surface area (Å²) in [5.74, 6) is 0.350. The van der Waals surface area contributed by atoms with Gasteiger partial charge in [-0.3, -0.25) is 14.5 Å². The normalized spacial score (nSPS) is 17.8. The van der Waals surface area contributed by atoms with Crippen molar-refractivity contribution in [2.24, 2.45) is 7.05 Å². The first-order valence-electron chi connectivity index (χ1n) is 11.4. The molecule has 0 radical (unpaired) electrons. The van der Waals surface area contributed by atoms with Crippen molar-refractivity contribution in [1.29, 1.82) is 0 Å². The highest BCUT2D eigenvalue weighted by Gasteiger charge is 2.40. The first-order valence-corrected chi connectivity index (χ1v) is 11.4. The topological polar surface area (TPSA) is 80.5 Å². The SMILES string of the molecule is COc1cnc2c(c1)[C@@H](N1CCc3c(cc(CO)cc3-c3cn(C)nc3C(F)(F)F)C1=O)CCC2. The number of methoxy groups -OCH3 is 1. The maximum Gasteiger partial charge on any atom is 0.435 e. The van der Waals surface area contributed by atoms with E-state index in [-0.39, 0.29) is 23.1 Å². The molecule has 0 spiro atoms. The summed E-state index contributed by atoms with van der Waals surface area (Å²) in [4.78, 5) is 20.1. The fourth-order valence-corrected chi connectivity index (χ4v) is 5.25. The molecule has 1 amide bonds. The largest absolute Gasteiger partial charge is 0.495 e. The lowest BCUT2D eigenvalue weighted by Gasteiger charge is -2.39. The van der Waals surface area contributed by atoms with Crippen molar-refractivity contribution in [3.8, 4) is 16.9 Å². The van der Waals surface area contributed by atoms with Crippen molar-refractivity contribution in [2.75, 3.05) is 13.7 Å². The van der Waals surface area contributed by atoms with Crippen LogP contribution in [0.15, 0.2) is 30.6 Å². The third-order valence-electron chi connectivity index (χ3n) is 6.81. The number of fused-ring (bicyclic) bond motifs is 2. The number of ether oxygens (including phenoxy) is 1. The Morgan fingerprint density at radius 1 is 1.17 bits per heavy atom. The summed E-state index contributed by atoms with van der Waals surface area (Å²) in [6.07, 6.45) is 1.16. The van der Waals surface area contributed by atoms with Gasteiger partial charge in [0.15, 0.2) is 5.69 Å². The Bertz CT molecular complexity index is 1300. The molecule has 1 aliphatic heterocycles. The van der Waals surface area contributed by atoms with Gasteiger partial charge in [0, 0.05) is 36.6 Å². The van der Waals surface area contributed by atoms with Crippen molar-refractivity contribution in [3.05, 3.63) is 64.2 Å². The maximum absolute atomic E-state index is 13.8. The van der Waals surface area contributed by atoms with E-state index in [9.17, 15) is 23.1 Å². The molecule has 2 aliphatic rings. The zero-order chi connectivity index (χ0) is 24.9. The number of aromatic nitrogens is 3. The average Bonchev–Trinajstić information content (AvgIpc) is 3.25. The molecule has 7 nitrogen and oxygen atoms in total. The second kappa shape index (κ2) is 8.67. The minimum absolute atomic E-state index is 0.0928. The van der Waals surface area contributed by atoms with E-state index in [0.717, 1.165) is 35.2 Å². The number of carbonyl (C=O) groups excluding carboxylic acids is 1. The molecule has 0 saturated carbocycles. The quantitative estimate of drug-likeness (QED) is 0.601. The van der Waals surface area contributed by atoms with Crippen LogP contribution in [0.1, 0.15) is 57.3 Å². The summed E-state index contributed by atoms with van der Waals surface area (Å²) in [6.45, 7) is -0.0389. The van der Waals surface area contributed by atoms with Crippen LogP contribution in [0.25, 0.3) is 11.1 Å². The van der Waals surface area contributed by atoms with E-state index >= 15 is 0 Å². The summed E-state index contributed by atoms with van der Waals surface area (Å²) in [7, 11) is 2.99. The molecule has 0 bridgehead atoms. The van der Waals surface area contributed by atoms with Crippen molar-refractivity contribution in [1.82, 2.24) is 19.7 Å². The predicted molar refractivity (Wildman–Crippen MR) is 121 cm³/mol. The molecule has 0 saturated heterocycles. The number of aliphatic hydroxyl groups excluding tert-OH is 1. The number of hydrogen-bond acceptors (Lipinski definition) is 5. The van der Waals surface area contributed by atoms with Crippen LogP contribution in [0, 0.1) is 0 Å². The van der Waals surface area contributed by atoms with Crippen molar-refractivity contribution < 1.29 is 27.8 Å². The fourth-order valence-electron chi connectivity index (χ4n) is 5.25. The molecule has 0 unspecified atom stereocenters. The van der Waals surface area contributed by atoms with Gasteiger partial charge in [0.05, 0.1) is 26.0 Å². The Morgan fingerprint density at radius 3 is 2.66 bits per heavy atom. The van der Waals surface area contributed by atoms with Gasteiger partial charge in [-0.1, -0.05) is 0 Å². The van der Waals surface area contributed by atoms with Crippen LogP contribution in [-0.2, 0) is 32.7 Å². The standard InChI is InChI=1S/C25H25F3N4O3/c1-31-12-20(23(30-31)25(26,27)28)17-8-14(13-33)9-18-16(17)6-7-32(24(18)34)22-5-3-4-21-19(22)10-15(35-2)11-29-21/h8-12,22,33H,3-7,13H2,1-2H3/t22-/m0/s1. The predicted octanol–water partition coefficient (Wildman–Crippen LogP) is 4.08. The van der Waals surface area contributed by atoms with Gasteiger partial charge in [0.1, 0.15) is 5.75 Å². The Morgan fingerprint density at radius 2 is 1.94 bits per heavy atom. The molecule has 1 atom stereocenters.